The maximum atomic E-state index is 13.6. The molecule has 0 spiro atoms. The lowest BCUT2D eigenvalue weighted by Crippen LogP contribution is -2.50. The van der Waals surface area contributed by atoms with Gasteiger partial charge in [-0.15, -0.1) is 0 Å². The topological polar surface area (TPSA) is 47.3 Å². The van der Waals surface area contributed by atoms with Crippen LogP contribution in [-0.4, -0.2) is 5.78 Å². The van der Waals surface area contributed by atoms with Gasteiger partial charge in [-0.1, -0.05) is 30.3 Å². The molecule has 1 heterocycles. The Balaban J connectivity index is 1.53. The molecule has 2 aromatic carbocycles. The monoisotopic (exact) mass is 358 g/mol. The van der Waals surface area contributed by atoms with Crippen molar-refractivity contribution in [3.63, 3.8) is 0 Å². The van der Waals surface area contributed by atoms with Crippen molar-refractivity contribution < 1.29 is 9.21 Å². The molecule has 27 heavy (non-hydrogen) atoms. The second kappa shape index (κ2) is 5.31. The van der Waals surface area contributed by atoms with Crippen molar-refractivity contribution in [2.75, 3.05) is 0 Å². The number of hydrogen-bond donors (Lipinski definition) is 0. The van der Waals surface area contributed by atoms with Crippen LogP contribution in [0.1, 0.15) is 48.9 Å². The molecule has 0 unspecified atom stereocenters. The third-order valence-electron chi connectivity index (χ3n) is 7.41. The van der Waals surface area contributed by atoms with E-state index in [0.717, 1.165) is 35.4 Å². The maximum Gasteiger partial charge on any atom is 0.347 e. The number of fused-ring (bicyclic) bond motifs is 3. The molecule has 3 aromatic rings. The van der Waals surface area contributed by atoms with E-state index in [9.17, 15) is 9.59 Å². The first-order chi connectivity index (χ1) is 13.1. The van der Waals surface area contributed by atoms with Gasteiger partial charge in [0.1, 0.15) is 11.1 Å². The Kier molecular flexibility index (Phi) is 3.07. The molecular weight excluding hydrogens is 336 g/mol. The fourth-order valence-corrected chi connectivity index (χ4v) is 6.70. The lowest BCUT2D eigenvalue weighted by molar-refractivity contribution is -0.0354. The molecule has 4 saturated carbocycles. The predicted molar refractivity (Wildman–Crippen MR) is 105 cm³/mol. The Morgan fingerprint density at radius 2 is 1.56 bits per heavy atom. The predicted octanol–water partition coefficient (Wildman–Crippen LogP) is 5.35. The minimum absolute atomic E-state index is 0.0465. The van der Waals surface area contributed by atoms with Gasteiger partial charge in [0, 0.05) is 10.8 Å². The minimum atomic E-state index is -0.474. The molecule has 0 N–H and O–H groups in total. The van der Waals surface area contributed by atoms with Crippen LogP contribution in [0, 0.1) is 23.2 Å². The van der Waals surface area contributed by atoms with Crippen LogP contribution < -0.4 is 5.63 Å². The molecule has 4 bridgehead atoms. The molecule has 4 aliphatic rings. The van der Waals surface area contributed by atoms with Crippen molar-refractivity contribution in [2.45, 2.75) is 38.5 Å². The molecule has 3 heteroatoms. The summed E-state index contributed by atoms with van der Waals surface area (Å²) >= 11 is 0. The summed E-state index contributed by atoms with van der Waals surface area (Å²) in [4.78, 5) is 26.4. The lowest BCUT2D eigenvalue weighted by Gasteiger charge is -2.55. The average molecular weight is 358 g/mol. The van der Waals surface area contributed by atoms with Crippen LogP contribution in [0.5, 0.6) is 0 Å². The Bertz CT molecular complexity index is 1120. The molecule has 0 atom stereocenters. The van der Waals surface area contributed by atoms with Gasteiger partial charge in [-0.25, -0.2) is 4.79 Å². The van der Waals surface area contributed by atoms with Crippen molar-refractivity contribution in [3.8, 4) is 0 Å². The normalized spacial score (nSPS) is 31.6. The standard InChI is InChI=1S/C24H22O3/c25-22(24-11-14-7-15(12-24)9-16(8-14)13-24)20-10-19-18-4-2-1-3-17(18)5-6-21(19)27-23(20)26/h1-6,10,14-16H,7-9,11-13H2. The number of rotatable bonds is 2. The molecule has 3 nitrogen and oxygen atoms in total. The second-order valence-corrected chi connectivity index (χ2v) is 9.17. The van der Waals surface area contributed by atoms with Gasteiger partial charge in [0.2, 0.25) is 0 Å². The van der Waals surface area contributed by atoms with Crippen LogP contribution in [0.3, 0.4) is 0 Å². The van der Waals surface area contributed by atoms with Gasteiger partial charge >= 0.3 is 5.63 Å². The molecule has 0 saturated heterocycles. The Morgan fingerprint density at radius 3 is 2.26 bits per heavy atom. The fourth-order valence-electron chi connectivity index (χ4n) is 6.70. The highest BCUT2D eigenvalue weighted by Gasteiger charge is 2.55. The van der Waals surface area contributed by atoms with Gasteiger partial charge in [-0.2, -0.15) is 0 Å². The highest BCUT2D eigenvalue weighted by atomic mass is 16.4. The molecule has 7 rings (SSSR count). The smallest absolute Gasteiger partial charge is 0.347 e. The average Bonchev–Trinajstić information content (AvgIpc) is 2.65. The maximum absolute atomic E-state index is 13.6. The summed E-state index contributed by atoms with van der Waals surface area (Å²) in [5.41, 5.74) is 0.0295. The Labute approximate surface area is 157 Å². The van der Waals surface area contributed by atoms with Gasteiger partial charge in [0.15, 0.2) is 5.78 Å². The summed E-state index contributed by atoms with van der Waals surface area (Å²) in [5.74, 6) is 2.07. The number of carbonyl (C=O) groups excluding carboxylic acids is 1. The van der Waals surface area contributed by atoms with Gasteiger partial charge < -0.3 is 4.42 Å². The highest BCUT2D eigenvalue weighted by molar-refractivity contribution is 6.09. The Morgan fingerprint density at radius 1 is 0.889 bits per heavy atom. The van der Waals surface area contributed by atoms with Crippen LogP contribution in [0.25, 0.3) is 21.7 Å². The van der Waals surface area contributed by atoms with E-state index in [1.807, 2.05) is 42.5 Å². The summed E-state index contributed by atoms with van der Waals surface area (Å²) in [6, 6.07) is 13.6. The quantitative estimate of drug-likeness (QED) is 0.353. The molecule has 0 amide bonds. The molecule has 136 valence electrons. The van der Waals surface area contributed by atoms with Crippen molar-refractivity contribution in [2.24, 2.45) is 23.2 Å². The highest BCUT2D eigenvalue weighted by Crippen LogP contribution is 2.60. The Hall–Kier alpha value is -2.42. The number of hydrogen-bond acceptors (Lipinski definition) is 3. The number of benzene rings is 2. The van der Waals surface area contributed by atoms with Crippen molar-refractivity contribution in [3.05, 3.63) is 58.4 Å². The number of Topliss-reactive ketones (excluding diaryl/α,β-unsaturated/α-hetero) is 1. The SMILES string of the molecule is O=C(c1cc2c(ccc3ccccc32)oc1=O)C12CC3CC(CC(C3)C1)C2. The van der Waals surface area contributed by atoms with E-state index in [0.29, 0.717) is 23.3 Å². The molecule has 0 radical (unpaired) electrons. The van der Waals surface area contributed by atoms with Crippen LogP contribution in [0.4, 0.5) is 0 Å². The molecular formula is C24H22O3. The zero-order valence-corrected chi connectivity index (χ0v) is 15.2. The summed E-state index contributed by atoms with van der Waals surface area (Å²) in [5, 5.41) is 2.98. The minimum Gasteiger partial charge on any atom is -0.422 e. The van der Waals surface area contributed by atoms with E-state index in [2.05, 4.69) is 0 Å². The van der Waals surface area contributed by atoms with Crippen LogP contribution >= 0.6 is 0 Å². The van der Waals surface area contributed by atoms with E-state index >= 15 is 0 Å². The van der Waals surface area contributed by atoms with Crippen LogP contribution in [0.2, 0.25) is 0 Å². The zero-order chi connectivity index (χ0) is 18.2. The van der Waals surface area contributed by atoms with E-state index in [-0.39, 0.29) is 16.8 Å². The lowest BCUT2D eigenvalue weighted by atomic mass is 9.48. The molecule has 4 aliphatic carbocycles. The number of carbonyl (C=O) groups is 1. The van der Waals surface area contributed by atoms with E-state index in [1.54, 1.807) is 0 Å². The number of ketones is 1. The third kappa shape index (κ3) is 2.20. The van der Waals surface area contributed by atoms with Crippen molar-refractivity contribution >= 4 is 27.5 Å². The third-order valence-corrected chi connectivity index (χ3v) is 7.41. The molecule has 1 aromatic heterocycles. The van der Waals surface area contributed by atoms with Crippen LogP contribution in [-0.2, 0) is 0 Å². The molecule has 0 aliphatic heterocycles. The van der Waals surface area contributed by atoms with Crippen molar-refractivity contribution in [1.29, 1.82) is 0 Å². The molecule has 4 fully saturated rings. The summed E-state index contributed by atoms with van der Waals surface area (Å²) < 4.78 is 5.61. The summed E-state index contributed by atoms with van der Waals surface area (Å²) in [7, 11) is 0. The first-order valence-electron chi connectivity index (χ1n) is 10.1. The summed E-state index contributed by atoms with van der Waals surface area (Å²) in [6.45, 7) is 0. The van der Waals surface area contributed by atoms with Crippen molar-refractivity contribution in [1.82, 2.24) is 0 Å². The zero-order valence-electron chi connectivity index (χ0n) is 15.2. The first-order valence-corrected chi connectivity index (χ1v) is 10.1. The van der Waals surface area contributed by atoms with E-state index in [4.69, 9.17) is 4.42 Å². The van der Waals surface area contributed by atoms with E-state index < -0.39 is 5.63 Å². The van der Waals surface area contributed by atoms with Crippen LogP contribution in [0.15, 0.2) is 51.7 Å². The largest absolute Gasteiger partial charge is 0.422 e. The second-order valence-electron chi connectivity index (χ2n) is 9.17. The fraction of sp³-hybridized carbons (Fsp3) is 0.417. The van der Waals surface area contributed by atoms with Gasteiger partial charge in [0.05, 0.1) is 0 Å². The van der Waals surface area contributed by atoms with Gasteiger partial charge in [-0.05, 0) is 79.2 Å². The van der Waals surface area contributed by atoms with E-state index in [1.165, 1.54) is 19.3 Å². The first kappa shape index (κ1) is 15.6. The van der Waals surface area contributed by atoms with Gasteiger partial charge in [-0.3, -0.25) is 4.79 Å². The van der Waals surface area contributed by atoms with Gasteiger partial charge in [0.25, 0.3) is 0 Å². The summed E-state index contributed by atoms with van der Waals surface area (Å²) in [6.07, 6.45) is 6.73.